The van der Waals surface area contributed by atoms with E-state index < -0.39 is 17.2 Å². The molecule has 3 aromatic carbocycles. The largest absolute Gasteiger partial charge is 0.456 e. The number of amides is 2. The summed E-state index contributed by atoms with van der Waals surface area (Å²) >= 11 is 0. The number of halogens is 1. The van der Waals surface area contributed by atoms with Crippen molar-refractivity contribution in [2.24, 2.45) is 0 Å². The van der Waals surface area contributed by atoms with Crippen LogP contribution in [0, 0.1) is 5.82 Å². The first kappa shape index (κ1) is 32.9. The third-order valence-corrected chi connectivity index (χ3v) is 11.5. The average molecular weight is 707 g/mol. The third kappa shape index (κ3) is 5.78. The Bertz CT molecular complexity index is 2290. The number of nitrogens with zero attached hydrogens (tertiary/aromatic N) is 4. The zero-order valence-electron chi connectivity index (χ0n) is 29.4. The van der Waals surface area contributed by atoms with Gasteiger partial charge in [0.25, 0.3) is 5.91 Å². The van der Waals surface area contributed by atoms with E-state index in [9.17, 15) is 14.4 Å². The van der Waals surface area contributed by atoms with Crippen LogP contribution < -0.4 is 25.7 Å². The van der Waals surface area contributed by atoms with Crippen molar-refractivity contribution < 1.29 is 23.1 Å². The summed E-state index contributed by atoms with van der Waals surface area (Å²) in [5, 5.41) is 7.91. The maximum atomic E-state index is 16.5. The number of carbonyl (C=O) groups is 2. The number of hydrogen-bond donors (Lipinski definition) is 2. The summed E-state index contributed by atoms with van der Waals surface area (Å²) in [5.74, 6) is -0.459. The highest BCUT2D eigenvalue weighted by atomic mass is 19.1. The molecule has 4 aliphatic rings. The monoisotopic (exact) mass is 706 g/mol. The van der Waals surface area contributed by atoms with Gasteiger partial charge in [0.05, 0.1) is 11.1 Å². The molecular formula is C40H43FN6O5. The minimum absolute atomic E-state index is 0.00415. The van der Waals surface area contributed by atoms with Crippen LogP contribution in [0.2, 0.25) is 0 Å². The van der Waals surface area contributed by atoms with Crippen LogP contribution in [-0.4, -0.2) is 91.1 Å². The van der Waals surface area contributed by atoms with Gasteiger partial charge in [0, 0.05) is 67.7 Å². The van der Waals surface area contributed by atoms with Gasteiger partial charge in [0.15, 0.2) is 17.3 Å². The normalized spacial score (nSPS) is 20.2. The first-order valence-corrected chi connectivity index (χ1v) is 18.6. The molecule has 5 aromatic rings. The van der Waals surface area contributed by atoms with E-state index in [-0.39, 0.29) is 34.3 Å². The van der Waals surface area contributed by atoms with E-state index in [1.54, 1.807) is 10.8 Å². The number of anilines is 1. The Hall–Kier alpha value is -4.94. The first-order chi connectivity index (χ1) is 25.3. The van der Waals surface area contributed by atoms with Crippen molar-refractivity contribution in [3.05, 3.63) is 70.3 Å². The topological polar surface area (TPSA) is 112 Å². The molecule has 11 nitrogen and oxygen atoms in total. The number of para-hydroxylation sites is 1. The molecule has 3 fully saturated rings. The molecule has 0 aliphatic carbocycles. The van der Waals surface area contributed by atoms with Crippen molar-refractivity contribution in [3.63, 3.8) is 0 Å². The van der Waals surface area contributed by atoms with Crippen molar-refractivity contribution in [3.8, 4) is 17.2 Å². The number of rotatable bonds is 9. The maximum Gasteiger partial charge on any atom is 0.256 e. The Balaban J connectivity index is 1.08. The quantitative estimate of drug-likeness (QED) is 0.202. The van der Waals surface area contributed by atoms with Gasteiger partial charge in [-0.05, 0) is 83.4 Å². The van der Waals surface area contributed by atoms with Crippen molar-refractivity contribution >= 4 is 50.3 Å². The Kier molecular flexibility index (Phi) is 8.38. The van der Waals surface area contributed by atoms with Crippen LogP contribution in [-0.2, 0) is 4.79 Å². The fourth-order valence-corrected chi connectivity index (χ4v) is 8.72. The van der Waals surface area contributed by atoms with E-state index in [0.717, 1.165) is 56.2 Å². The fraction of sp³-hybridized carbons (Fsp3) is 0.425. The van der Waals surface area contributed by atoms with Crippen LogP contribution in [0.5, 0.6) is 11.5 Å². The molecule has 6 heterocycles. The van der Waals surface area contributed by atoms with Crippen LogP contribution in [0.4, 0.5) is 10.1 Å². The van der Waals surface area contributed by atoms with Gasteiger partial charge < -0.3 is 39.1 Å². The average Bonchev–Trinajstić information content (AvgIpc) is 3.96. The Morgan fingerprint density at radius 3 is 2.63 bits per heavy atom. The van der Waals surface area contributed by atoms with Gasteiger partial charge in [-0.2, -0.15) is 0 Å². The maximum absolute atomic E-state index is 16.5. The lowest BCUT2D eigenvalue weighted by Gasteiger charge is -2.29. The first-order valence-electron chi connectivity index (χ1n) is 18.6. The molecule has 9 rings (SSSR count). The number of ether oxygens (including phenoxy) is 1. The van der Waals surface area contributed by atoms with Crippen LogP contribution in [0.3, 0.4) is 0 Å². The fourth-order valence-electron chi connectivity index (χ4n) is 8.72. The Morgan fingerprint density at radius 1 is 0.962 bits per heavy atom. The van der Waals surface area contributed by atoms with Crippen molar-refractivity contribution in [2.75, 3.05) is 57.8 Å². The summed E-state index contributed by atoms with van der Waals surface area (Å²) in [6, 6.07) is 12.9. The van der Waals surface area contributed by atoms with Gasteiger partial charge in [-0.1, -0.05) is 18.2 Å². The number of furan rings is 1. The molecule has 0 spiro atoms. The zero-order valence-corrected chi connectivity index (χ0v) is 29.4. The van der Waals surface area contributed by atoms with Crippen LogP contribution in [0.15, 0.2) is 57.9 Å². The van der Waals surface area contributed by atoms with Gasteiger partial charge in [-0.3, -0.25) is 14.4 Å². The number of aromatic nitrogens is 1. The second kappa shape index (κ2) is 13.2. The van der Waals surface area contributed by atoms with Gasteiger partial charge in [0.2, 0.25) is 11.3 Å². The highest BCUT2D eigenvalue weighted by Crippen LogP contribution is 2.49. The number of fused-ring (bicyclic) bond motifs is 5. The molecule has 2 aromatic heterocycles. The molecule has 2 amide bonds. The molecular weight excluding hydrogens is 663 g/mol. The molecule has 12 heteroatoms. The summed E-state index contributed by atoms with van der Waals surface area (Å²) in [6.45, 7) is 5.17. The molecule has 0 radical (unpaired) electrons. The van der Waals surface area contributed by atoms with E-state index >= 15 is 4.39 Å². The van der Waals surface area contributed by atoms with Gasteiger partial charge in [-0.15, -0.1) is 0 Å². The van der Waals surface area contributed by atoms with Crippen LogP contribution >= 0.6 is 0 Å². The minimum Gasteiger partial charge on any atom is -0.456 e. The minimum atomic E-state index is -0.618. The highest BCUT2D eigenvalue weighted by molar-refractivity contribution is 6.07. The number of hydrogen-bond acceptors (Lipinski definition) is 8. The SMILES string of the molecule is CN1CCCC1CCNC(=O)c1cn2c3c(c(N4CC[C@@H](NC(=O)CCN5CCCC5)C4)c(F)cc3c1=O)Oc1cc3c(cc1-2)oc1ccccc13. The number of benzene rings is 3. The summed E-state index contributed by atoms with van der Waals surface area (Å²) in [5.41, 5.74) is 1.90. The van der Waals surface area contributed by atoms with Crippen molar-refractivity contribution in [2.45, 2.75) is 57.0 Å². The summed E-state index contributed by atoms with van der Waals surface area (Å²) in [6.07, 6.45) is 7.97. The number of nitrogens with one attached hydrogen (secondary N) is 2. The predicted molar refractivity (Wildman–Crippen MR) is 199 cm³/mol. The zero-order chi connectivity index (χ0) is 35.5. The summed E-state index contributed by atoms with van der Waals surface area (Å²) in [7, 11) is 2.09. The molecule has 0 saturated carbocycles. The van der Waals surface area contributed by atoms with Gasteiger partial charge in [-0.25, -0.2) is 4.39 Å². The Morgan fingerprint density at radius 2 is 1.81 bits per heavy atom. The number of pyridine rings is 1. The third-order valence-electron chi connectivity index (χ3n) is 11.5. The Labute approximate surface area is 300 Å². The van der Waals surface area contributed by atoms with E-state index in [2.05, 4.69) is 27.5 Å². The predicted octanol–water partition coefficient (Wildman–Crippen LogP) is 5.53. The molecule has 4 aliphatic heterocycles. The van der Waals surface area contributed by atoms with E-state index in [1.807, 2.05) is 41.3 Å². The lowest BCUT2D eigenvalue weighted by Crippen LogP contribution is -2.38. The second-order valence-electron chi connectivity index (χ2n) is 14.8. The molecule has 0 bridgehead atoms. The molecule has 2 N–H and O–H groups in total. The molecule has 1 unspecified atom stereocenters. The van der Waals surface area contributed by atoms with Crippen LogP contribution in [0.1, 0.15) is 55.3 Å². The summed E-state index contributed by atoms with van der Waals surface area (Å²) < 4.78 is 31.1. The second-order valence-corrected chi connectivity index (χ2v) is 14.8. The van der Waals surface area contributed by atoms with Crippen LogP contribution in [0.25, 0.3) is 38.5 Å². The van der Waals surface area contributed by atoms with Crippen molar-refractivity contribution in [1.29, 1.82) is 0 Å². The standard InChI is InChI=1S/C40H43FN6O5/c1-44-14-6-7-25(44)10-13-42-40(50)29-23-47-31-21-33-27(26-8-2-3-9-32(26)51-33)20-34(31)52-39-36(47)28(38(29)49)19-30(41)37(39)46-18-11-24(22-46)43-35(48)12-17-45-15-4-5-16-45/h2-3,8-9,19-21,23-25H,4-7,10-18,22H2,1H3,(H,42,50)(H,43,48)/t24-,25?/m1/s1. The smallest absolute Gasteiger partial charge is 0.256 e. The lowest BCUT2D eigenvalue weighted by molar-refractivity contribution is -0.121. The molecule has 3 saturated heterocycles. The molecule has 2 atom stereocenters. The van der Waals surface area contributed by atoms with E-state index in [4.69, 9.17) is 9.15 Å². The van der Waals surface area contributed by atoms with Gasteiger partial charge in [0.1, 0.15) is 27.9 Å². The number of likely N-dealkylation sites (tertiary alicyclic amines) is 2. The molecule has 52 heavy (non-hydrogen) atoms. The molecule has 270 valence electrons. The summed E-state index contributed by atoms with van der Waals surface area (Å²) in [4.78, 5) is 47.1. The van der Waals surface area contributed by atoms with E-state index in [0.29, 0.717) is 66.6 Å². The van der Waals surface area contributed by atoms with E-state index in [1.165, 1.54) is 18.9 Å². The highest BCUT2D eigenvalue weighted by Gasteiger charge is 2.34. The number of carbonyl (C=O) groups excluding carboxylic acids is 2. The van der Waals surface area contributed by atoms with Gasteiger partial charge >= 0.3 is 0 Å². The lowest BCUT2D eigenvalue weighted by atomic mass is 10.0. The van der Waals surface area contributed by atoms with Crippen molar-refractivity contribution in [1.82, 2.24) is 25.0 Å².